The number of hydrogen-bond donors (Lipinski definition) is 5. The zero-order valence-electron chi connectivity index (χ0n) is 6.24. The van der Waals surface area contributed by atoms with E-state index in [1.54, 1.807) is 0 Å². The van der Waals surface area contributed by atoms with E-state index >= 15 is 0 Å². The van der Waals surface area contributed by atoms with Gasteiger partial charge in [0.15, 0.2) is 0 Å². The molecule has 1 rings (SSSR count). The van der Waals surface area contributed by atoms with E-state index < -0.39 is 36.5 Å². The smallest absolute Gasteiger partial charge is 0.129 e. The molecule has 1 heterocycles. The zero-order valence-corrected chi connectivity index (χ0v) is 7.13. The van der Waals surface area contributed by atoms with E-state index in [9.17, 15) is 10.2 Å². The molecule has 12 heavy (non-hydrogen) atoms. The fourth-order valence-corrected chi connectivity index (χ4v) is 1.41. The van der Waals surface area contributed by atoms with Crippen LogP contribution in [0, 0.1) is 0 Å². The predicted octanol–water partition coefficient (Wildman–Crippen LogP) is -2.28. The van der Waals surface area contributed by atoms with Gasteiger partial charge in [-0.3, -0.25) is 0 Å². The van der Waals surface area contributed by atoms with Crippen LogP contribution in [0.1, 0.15) is 0 Å². The summed E-state index contributed by atoms with van der Waals surface area (Å²) in [6.07, 6.45) is -4.70. The molecular weight excluding hydrogens is 184 g/mol. The van der Waals surface area contributed by atoms with Crippen LogP contribution in [0.15, 0.2) is 0 Å². The van der Waals surface area contributed by atoms with Crippen LogP contribution >= 0.6 is 12.6 Å². The summed E-state index contributed by atoms with van der Waals surface area (Å²) in [5.41, 5.74) is -0.874. The average molecular weight is 196 g/mol. The van der Waals surface area contributed by atoms with Gasteiger partial charge in [0.2, 0.25) is 0 Å². The van der Waals surface area contributed by atoms with Gasteiger partial charge in [0.1, 0.15) is 29.9 Å². The number of ether oxygens (including phenoxy) is 1. The van der Waals surface area contributed by atoms with E-state index in [4.69, 9.17) is 14.9 Å². The number of hydrogen-bond acceptors (Lipinski definition) is 6. The molecule has 1 aliphatic heterocycles. The van der Waals surface area contributed by atoms with Gasteiger partial charge in [-0.05, 0) is 0 Å². The molecule has 72 valence electrons. The Hall–Kier alpha value is 0.150. The van der Waals surface area contributed by atoms with Crippen molar-refractivity contribution < 1.29 is 25.2 Å². The third-order valence-corrected chi connectivity index (χ3v) is 2.29. The molecule has 0 bridgehead atoms. The number of aliphatic hydroxyl groups excluding tert-OH is 4. The molecule has 1 fully saturated rings. The normalized spacial score (nSPS) is 49.2. The Morgan fingerprint density at radius 2 is 1.67 bits per heavy atom. The molecule has 0 saturated carbocycles. The monoisotopic (exact) mass is 196 g/mol. The Morgan fingerprint density at radius 3 is 2.17 bits per heavy atom. The molecule has 0 aromatic carbocycles. The minimum absolute atomic E-state index is 0.415. The fourth-order valence-electron chi connectivity index (χ4n) is 1.08. The Labute approximate surface area is 75.0 Å². The first kappa shape index (κ1) is 10.2. The molecule has 0 radical (unpaired) electrons. The Morgan fingerprint density at radius 1 is 1.08 bits per heavy atom. The van der Waals surface area contributed by atoms with Crippen LogP contribution in [-0.2, 0) is 4.74 Å². The first-order chi connectivity index (χ1) is 5.57. The van der Waals surface area contributed by atoms with Crippen molar-refractivity contribution in [3.63, 3.8) is 0 Å². The lowest BCUT2D eigenvalue weighted by Crippen LogP contribution is -2.56. The van der Waals surface area contributed by atoms with Crippen LogP contribution in [0.4, 0.5) is 0 Å². The molecule has 0 spiro atoms. The van der Waals surface area contributed by atoms with E-state index in [0.717, 1.165) is 0 Å². The lowest BCUT2D eigenvalue weighted by atomic mass is 10.0. The number of rotatable bonds is 1. The molecule has 1 saturated heterocycles. The van der Waals surface area contributed by atoms with Crippen molar-refractivity contribution in [3.8, 4) is 0 Å². The topological polar surface area (TPSA) is 90.2 Å². The van der Waals surface area contributed by atoms with E-state index in [1.165, 1.54) is 0 Å². The minimum Gasteiger partial charge on any atom is -0.394 e. The van der Waals surface area contributed by atoms with Crippen molar-refractivity contribution >= 4 is 12.6 Å². The van der Waals surface area contributed by atoms with E-state index in [0.29, 0.717) is 0 Å². The molecule has 5 atom stereocenters. The molecule has 1 aliphatic rings. The Bertz CT molecular complexity index is 150. The van der Waals surface area contributed by atoms with Crippen molar-refractivity contribution in [1.29, 1.82) is 0 Å². The molecular formula is C6H12O5S. The maximum Gasteiger partial charge on any atom is 0.129 e. The lowest BCUT2D eigenvalue weighted by Gasteiger charge is -2.37. The summed E-state index contributed by atoms with van der Waals surface area (Å²) in [7, 11) is 0. The highest BCUT2D eigenvalue weighted by Crippen LogP contribution is 2.22. The van der Waals surface area contributed by atoms with Crippen LogP contribution in [-0.4, -0.2) is 56.9 Å². The van der Waals surface area contributed by atoms with Crippen LogP contribution < -0.4 is 0 Å². The van der Waals surface area contributed by atoms with Gasteiger partial charge in [0.05, 0.1) is 6.61 Å². The maximum absolute atomic E-state index is 9.20. The van der Waals surface area contributed by atoms with Crippen LogP contribution in [0.2, 0.25) is 0 Å². The fraction of sp³-hybridized carbons (Fsp3) is 1.00. The molecule has 5 nitrogen and oxygen atoms in total. The summed E-state index contributed by atoms with van der Waals surface area (Å²) >= 11 is 3.81. The SMILES string of the molecule is OC[C@H]1O[C@H](S)[C@H](O)[C@@H](O)[C@@H]1O. The molecule has 0 aliphatic carbocycles. The quantitative estimate of drug-likeness (QED) is 0.305. The molecule has 0 amide bonds. The van der Waals surface area contributed by atoms with Crippen molar-refractivity contribution in [3.05, 3.63) is 0 Å². The second-order valence-electron chi connectivity index (χ2n) is 2.72. The van der Waals surface area contributed by atoms with Crippen molar-refractivity contribution in [2.24, 2.45) is 0 Å². The summed E-state index contributed by atoms with van der Waals surface area (Å²) < 4.78 is 4.88. The van der Waals surface area contributed by atoms with Crippen LogP contribution in [0.5, 0.6) is 0 Å². The summed E-state index contributed by atoms with van der Waals surface area (Å²) in [6.45, 7) is -0.415. The van der Waals surface area contributed by atoms with Gasteiger partial charge in [-0.1, -0.05) is 0 Å². The zero-order chi connectivity index (χ0) is 9.30. The van der Waals surface area contributed by atoms with Gasteiger partial charge >= 0.3 is 0 Å². The van der Waals surface area contributed by atoms with Crippen molar-refractivity contribution in [2.75, 3.05) is 6.61 Å². The summed E-state index contributed by atoms with van der Waals surface area (Å²) in [4.78, 5) is 0. The first-order valence-corrected chi connectivity index (χ1v) is 4.08. The van der Waals surface area contributed by atoms with Crippen molar-refractivity contribution in [1.82, 2.24) is 0 Å². The highest BCUT2D eigenvalue weighted by atomic mass is 32.1. The van der Waals surface area contributed by atoms with Crippen molar-refractivity contribution in [2.45, 2.75) is 29.9 Å². The maximum atomic E-state index is 9.20. The van der Waals surface area contributed by atoms with Gasteiger partial charge in [-0.15, -0.1) is 12.6 Å². The van der Waals surface area contributed by atoms with E-state index in [-0.39, 0.29) is 0 Å². The summed E-state index contributed by atoms with van der Waals surface area (Å²) in [5, 5.41) is 36.2. The largest absolute Gasteiger partial charge is 0.394 e. The van der Waals surface area contributed by atoms with Gasteiger partial charge in [0.25, 0.3) is 0 Å². The molecule has 0 aromatic rings. The first-order valence-electron chi connectivity index (χ1n) is 3.56. The van der Waals surface area contributed by atoms with Crippen LogP contribution in [0.3, 0.4) is 0 Å². The molecule has 6 heteroatoms. The molecule has 4 N–H and O–H groups in total. The highest BCUT2D eigenvalue weighted by Gasteiger charge is 2.41. The second-order valence-corrected chi connectivity index (χ2v) is 3.23. The minimum atomic E-state index is -1.32. The summed E-state index contributed by atoms with van der Waals surface area (Å²) in [5.74, 6) is 0. The Kier molecular flexibility index (Phi) is 3.33. The third kappa shape index (κ3) is 1.73. The van der Waals surface area contributed by atoms with Gasteiger partial charge < -0.3 is 25.2 Å². The van der Waals surface area contributed by atoms with Crippen LogP contribution in [0.25, 0.3) is 0 Å². The third-order valence-electron chi connectivity index (χ3n) is 1.87. The number of thiol groups is 1. The van der Waals surface area contributed by atoms with Gasteiger partial charge in [-0.25, -0.2) is 0 Å². The standard InChI is InChI=1S/C6H12O5S/c7-1-2-3(8)4(9)5(10)6(12)11-2/h2-10,12H,1H2/t2-,3-,4+,5-,6-/m1/s1. The lowest BCUT2D eigenvalue weighted by molar-refractivity contribution is -0.205. The van der Waals surface area contributed by atoms with Gasteiger partial charge in [-0.2, -0.15) is 0 Å². The van der Waals surface area contributed by atoms with Gasteiger partial charge in [0, 0.05) is 0 Å². The molecule has 0 unspecified atom stereocenters. The Balaban J connectivity index is 2.63. The van der Waals surface area contributed by atoms with E-state index in [2.05, 4.69) is 12.6 Å². The predicted molar refractivity (Wildman–Crippen MR) is 42.8 cm³/mol. The number of aliphatic hydroxyl groups is 4. The highest BCUT2D eigenvalue weighted by molar-refractivity contribution is 7.80. The second kappa shape index (κ2) is 3.91. The summed E-state index contributed by atoms with van der Waals surface area (Å²) in [6, 6.07) is 0. The van der Waals surface area contributed by atoms with E-state index in [1.807, 2.05) is 0 Å². The molecule has 0 aromatic heterocycles. The average Bonchev–Trinajstić information content (AvgIpc) is 2.08.